The lowest BCUT2D eigenvalue weighted by atomic mass is 9.98. The first-order valence-corrected chi connectivity index (χ1v) is 6.70. The van der Waals surface area contributed by atoms with Gasteiger partial charge in [0.05, 0.1) is 12.7 Å². The Morgan fingerprint density at radius 2 is 1.79 bits per heavy atom. The minimum Gasteiger partial charge on any atom is -0.465 e. The fraction of sp³-hybridized carbons (Fsp3) is 0.0625. The summed E-state index contributed by atoms with van der Waals surface area (Å²) in [5.41, 5.74) is 0.581. The number of hydrogen-bond donors (Lipinski definition) is 0. The maximum atomic E-state index is 11.9. The van der Waals surface area contributed by atoms with Gasteiger partial charge in [0.25, 0.3) is 0 Å². The summed E-state index contributed by atoms with van der Waals surface area (Å²) in [6.07, 6.45) is 0. The number of hydrogen-bond acceptors (Lipinski definition) is 2. The Labute approximate surface area is 119 Å². The van der Waals surface area contributed by atoms with E-state index in [-0.39, 0.29) is 5.97 Å². The smallest absolute Gasteiger partial charge is 0.338 e. The minimum atomic E-state index is -0.318. The summed E-state index contributed by atoms with van der Waals surface area (Å²) in [7, 11) is 1.40. The van der Waals surface area contributed by atoms with Gasteiger partial charge in [-0.3, -0.25) is 0 Å². The first kappa shape index (κ1) is 12.2. The van der Waals surface area contributed by atoms with Gasteiger partial charge in [-0.1, -0.05) is 52.3 Å². The van der Waals surface area contributed by atoms with Crippen molar-refractivity contribution in [3.05, 3.63) is 58.6 Å². The average molecular weight is 315 g/mol. The van der Waals surface area contributed by atoms with Crippen molar-refractivity contribution in [3.63, 3.8) is 0 Å². The Morgan fingerprint density at radius 1 is 1.05 bits per heavy atom. The lowest BCUT2D eigenvalue weighted by Gasteiger charge is -2.10. The molecular formula is C16H11BrO2. The van der Waals surface area contributed by atoms with Gasteiger partial charge in [0.2, 0.25) is 0 Å². The van der Waals surface area contributed by atoms with Gasteiger partial charge in [-0.15, -0.1) is 0 Å². The van der Waals surface area contributed by atoms with E-state index in [2.05, 4.69) is 28.1 Å². The van der Waals surface area contributed by atoms with E-state index in [4.69, 9.17) is 4.74 Å². The number of halogens is 1. The average Bonchev–Trinajstić information content (AvgIpc) is 2.46. The summed E-state index contributed by atoms with van der Waals surface area (Å²) >= 11 is 3.56. The van der Waals surface area contributed by atoms with Crippen LogP contribution in [0.2, 0.25) is 0 Å². The van der Waals surface area contributed by atoms with E-state index in [0.29, 0.717) is 5.56 Å². The highest BCUT2D eigenvalue weighted by molar-refractivity contribution is 9.10. The maximum absolute atomic E-state index is 11.9. The van der Waals surface area contributed by atoms with Crippen molar-refractivity contribution in [3.8, 4) is 0 Å². The van der Waals surface area contributed by atoms with Crippen LogP contribution in [0.3, 0.4) is 0 Å². The van der Waals surface area contributed by atoms with Crippen LogP contribution in [0.4, 0.5) is 0 Å². The third kappa shape index (κ3) is 1.90. The second-order valence-corrected chi connectivity index (χ2v) is 5.15. The van der Waals surface area contributed by atoms with Crippen molar-refractivity contribution in [2.45, 2.75) is 0 Å². The molecule has 19 heavy (non-hydrogen) atoms. The molecule has 94 valence electrons. The third-order valence-corrected chi connectivity index (χ3v) is 3.87. The molecule has 3 aromatic carbocycles. The molecule has 2 nitrogen and oxygen atoms in total. The molecule has 3 heteroatoms. The highest BCUT2D eigenvalue weighted by Gasteiger charge is 2.14. The summed E-state index contributed by atoms with van der Waals surface area (Å²) in [5.74, 6) is -0.318. The van der Waals surface area contributed by atoms with Crippen LogP contribution in [-0.4, -0.2) is 13.1 Å². The molecule has 0 aromatic heterocycles. The molecule has 3 aromatic rings. The predicted octanol–water partition coefficient (Wildman–Crippen LogP) is 4.54. The maximum Gasteiger partial charge on any atom is 0.338 e. The topological polar surface area (TPSA) is 26.3 Å². The lowest BCUT2D eigenvalue weighted by molar-refractivity contribution is 0.0603. The summed E-state index contributed by atoms with van der Waals surface area (Å²) in [4.78, 5) is 11.9. The molecule has 3 rings (SSSR count). The molecule has 0 bridgehead atoms. The van der Waals surface area contributed by atoms with Crippen molar-refractivity contribution < 1.29 is 9.53 Å². The van der Waals surface area contributed by atoms with E-state index in [1.165, 1.54) is 7.11 Å². The molecule has 0 saturated carbocycles. The second kappa shape index (κ2) is 4.67. The van der Waals surface area contributed by atoms with Crippen molar-refractivity contribution >= 4 is 43.4 Å². The van der Waals surface area contributed by atoms with Crippen molar-refractivity contribution in [2.75, 3.05) is 7.11 Å². The molecule has 0 unspecified atom stereocenters. The summed E-state index contributed by atoms with van der Waals surface area (Å²) in [5, 5.41) is 4.22. The number of benzene rings is 3. The Kier molecular flexibility index (Phi) is 2.99. The minimum absolute atomic E-state index is 0.318. The zero-order valence-electron chi connectivity index (χ0n) is 10.3. The van der Waals surface area contributed by atoms with Gasteiger partial charge >= 0.3 is 5.97 Å². The fourth-order valence-electron chi connectivity index (χ4n) is 2.39. The van der Waals surface area contributed by atoms with Crippen LogP contribution in [0.1, 0.15) is 10.4 Å². The first-order chi connectivity index (χ1) is 9.22. The molecule has 0 heterocycles. The molecule has 0 fully saturated rings. The first-order valence-electron chi connectivity index (χ1n) is 5.90. The van der Waals surface area contributed by atoms with Crippen molar-refractivity contribution in [2.24, 2.45) is 0 Å². The molecule has 0 aliphatic rings. The second-order valence-electron chi connectivity index (χ2n) is 4.30. The predicted molar refractivity (Wildman–Crippen MR) is 80.5 cm³/mol. The number of esters is 1. The summed E-state index contributed by atoms with van der Waals surface area (Å²) in [6.45, 7) is 0. The summed E-state index contributed by atoms with van der Waals surface area (Å²) < 4.78 is 5.76. The molecule has 0 N–H and O–H groups in total. The van der Waals surface area contributed by atoms with Gasteiger partial charge in [-0.05, 0) is 28.3 Å². The Morgan fingerprint density at radius 3 is 2.58 bits per heavy atom. The van der Waals surface area contributed by atoms with E-state index in [1.807, 2.05) is 30.3 Å². The number of methoxy groups -OCH3 is 1. The fourth-order valence-corrected chi connectivity index (χ4v) is 3.06. The Bertz CT molecular complexity index is 793. The van der Waals surface area contributed by atoms with Gasteiger partial charge in [0.15, 0.2) is 0 Å². The van der Waals surface area contributed by atoms with Crippen LogP contribution in [-0.2, 0) is 4.74 Å². The number of rotatable bonds is 1. The summed E-state index contributed by atoms with van der Waals surface area (Å²) in [6, 6.07) is 15.8. The largest absolute Gasteiger partial charge is 0.465 e. The monoisotopic (exact) mass is 314 g/mol. The van der Waals surface area contributed by atoms with Crippen LogP contribution in [0.5, 0.6) is 0 Å². The Hall–Kier alpha value is -1.87. The number of ether oxygens (including phenoxy) is 1. The van der Waals surface area contributed by atoms with E-state index in [1.54, 1.807) is 6.07 Å². The zero-order chi connectivity index (χ0) is 13.4. The normalized spacial score (nSPS) is 10.8. The molecule has 0 aliphatic carbocycles. The molecular weight excluding hydrogens is 304 g/mol. The van der Waals surface area contributed by atoms with Gasteiger partial charge in [0, 0.05) is 9.86 Å². The SMILES string of the molecule is COC(=O)c1cccc2c1c(Br)cc1ccccc12. The van der Waals surface area contributed by atoms with Crippen LogP contribution in [0.25, 0.3) is 21.5 Å². The van der Waals surface area contributed by atoms with E-state index >= 15 is 0 Å². The van der Waals surface area contributed by atoms with Gasteiger partial charge < -0.3 is 4.74 Å². The highest BCUT2D eigenvalue weighted by atomic mass is 79.9. The number of fused-ring (bicyclic) bond motifs is 3. The lowest BCUT2D eigenvalue weighted by Crippen LogP contribution is -2.02. The molecule has 0 radical (unpaired) electrons. The third-order valence-electron chi connectivity index (χ3n) is 3.24. The number of carbonyl (C=O) groups is 1. The van der Waals surface area contributed by atoms with Crippen LogP contribution in [0.15, 0.2) is 53.0 Å². The van der Waals surface area contributed by atoms with Gasteiger partial charge in [-0.25, -0.2) is 4.79 Å². The Balaban J connectivity index is 2.51. The molecule has 0 aliphatic heterocycles. The van der Waals surface area contributed by atoms with E-state index in [9.17, 15) is 4.79 Å². The zero-order valence-corrected chi connectivity index (χ0v) is 11.9. The molecule has 0 saturated heterocycles. The number of carbonyl (C=O) groups excluding carboxylic acids is 1. The van der Waals surface area contributed by atoms with Crippen LogP contribution < -0.4 is 0 Å². The van der Waals surface area contributed by atoms with E-state index in [0.717, 1.165) is 26.0 Å². The van der Waals surface area contributed by atoms with Crippen LogP contribution in [0, 0.1) is 0 Å². The van der Waals surface area contributed by atoms with Crippen molar-refractivity contribution in [1.82, 2.24) is 0 Å². The van der Waals surface area contributed by atoms with Gasteiger partial charge in [0.1, 0.15) is 0 Å². The quantitative estimate of drug-likeness (QED) is 0.487. The molecule has 0 spiro atoms. The van der Waals surface area contributed by atoms with Crippen molar-refractivity contribution in [1.29, 1.82) is 0 Å². The standard InChI is InChI=1S/C16H11BrO2/c1-19-16(18)13-8-4-7-12-11-6-3-2-5-10(11)9-14(17)15(12)13/h2-9H,1H3. The molecule has 0 atom stereocenters. The van der Waals surface area contributed by atoms with E-state index < -0.39 is 0 Å². The highest BCUT2D eigenvalue weighted by Crippen LogP contribution is 2.34. The van der Waals surface area contributed by atoms with Crippen LogP contribution >= 0.6 is 15.9 Å². The molecule has 0 amide bonds. The van der Waals surface area contributed by atoms with Gasteiger partial charge in [-0.2, -0.15) is 0 Å².